The Balaban J connectivity index is 2.29. The Morgan fingerprint density at radius 3 is 3.00 bits per heavy atom. The topological polar surface area (TPSA) is 60.7 Å². The number of thioether (sulfide) groups is 1. The Bertz CT molecular complexity index is 276. The van der Waals surface area contributed by atoms with Crippen molar-refractivity contribution in [3.8, 4) is 0 Å². The predicted molar refractivity (Wildman–Crippen MR) is 45.9 cm³/mol. The molecule has 0 saturated carbocycles. The Kier molecular flexibility index (Phi) is 3.48. The van der Waals surface area contributed by atoms with Gasteiger partial charge in [0.2, 0.25) is 5.24 Å². The van der Waals surface area contributed by atoms with Gasteiger partial charge in [0.05, 0.1) is 5.75 Å². The summed E-state index contributed by atoms with van der Waals surface area (Å²) >= 11 is 6.47. The highest BCUT2D eigenvalue weighted by Crippen LogP contribution is 2.03. The van der Waals surface area contributed by atoms with E-state index in [1.807, 2.05) is 0 Å². The fourth-order valence-electron chi connectivity index (χ4n) is 0.586. The van der Waals surface area contributed by atoms with Gasteiger partial charge in [-0.1, -0.05) is 0 Å². The van der Waals surface area contributed by atoms with Crippen LogP contribution in [0.1, 0.15) is 5.82 Å². The second-order valence-electron chi connectivity index (χ2n) is 2.04. The first-order valence-corrected chi connectivity index (χ1v) is 4.72. The molecule has 1 aromatic heterocycles. The lowest BCUT2D eigenvalue weighted by atomic mass is 10.8. The van der Waals surface area contributed by atoms with Crippen molar-refractivity contribution in [2.75, 3.05) is 5.75 Å². The van der Waals surface area contributed by atoms with Gasteiger partial charge in [-0.3, -0.25) is 4.79 Å². The van der Waals surface area contributed by atoms with Crippen molar-refractivity contribution in [2.24, 2.45) is 0 Å². The number of carbonyl (C=O) groups is 1. The molecule has 0 atom stereocenters. The lowest BCUT2D eigenvalue weighted by Crippen LogP contribution is -2.01. The van der Waals surface area contributed by atoms with Crippen LogP contribution in [0.4, 0.5) is 0 Å². The molecule has 0 bridgehead atoms. The van der Waals surface area contributed by atoms with Crippen LogP contribution in [0, 0.1) is 6.92 Å². The van der Waals surface area contributed by atoms with Gasteiger partial charge in [0.25, 0.3) is 0 Å². The first-order valence-electron chi connectivity index (χ1n) is 3.19. The number of hydrogen-bond donors (Lipinski definition) is 0. The molecule has 0 aliphatic heterocycles. The first kappa shape index (κ1) is 9.47. The summed E-state index contributed by atoms with van der Waals surface area (Å²) in [6.07, 6.45) is 0. The first-order chi connectivity index (χ1) is 5.68. The Morgan fingerprint density at radius 2 is 2.50 bits per heavy atom. The molecule has 1 aromatic rings. The van der Waals surface area contributed by atoms with Gasteiger partial charge >= 0.3 is 0 Å². The van der Waals surface area contributed by atoms with E-state index in [0.717, 1.165) is 0 Å². The highest BCUT2D eigenvalue weighted by atomic mass is 35.5. The molecule has 0 radical (unpaired) electrons. The average Bonchev–Trinajstić information content (AvgIpc) is 2.35. The molecule has 5 nitrogen and oxygen atoms in total. The van der Waals surface area contributed by atoms with Crippen LogP contribution in [0.3, 0.4) is 0 Å². The zero-order chi connectivity index (χ0) is 8.97. The van der Waals surface area contributed by atoms with E-state index in [1.54, 1.807) is 6.92 Å². The molecule has 12 heavy (non-hydrogen) atoms. The summed E-state index contributed by atoms with van der Waals surface area (Å²) in [5.41, 5.74) is 0. The summed E-state index contributed by atoms with van der Waals surface area (Å²) in [5.74, 6) is 1.38. The lowest BCUT2D eigenvalue weighted by Gasteiger charge is -1.94. The monoisotopic (exact) mass is 206 g/mol. The number of carbonyl (C=O) groups excluding carboxylic acids is 1. The fraction of sp³-hybridized carbons (Fsp3) is 0.600. The number of aromatic nitrogens is 4. The molecule has 0 aliphatic carbocycles. The van der Waals surface area contributed by atoms with Crippen molar-refractivity contribution in [3.63, 3.8) is 0 Å². The van der Waals surface area contributed by atoms with Gasteiger partial charge in [-0.05, 0) is 23.7 Å². The maximum absolute atomic E-state index is 10.3. The Labute approximate surface area is 78.5 Å². The summed E-state index contributed by atoms with van der Waals surface area (Å²) < 4.78 is 0. The van der Waals surface area contributed by atoms with Gasteiger partial charge in [0, 0.05) is 0 Å². The van der Waals surface area contributed by atoms with Crippen LogP contribution in [-0.2, 0) is 10.7 Å². The van der Waals surface area contributed by atoms with E-state index in [2.05, 4.69) is 15.4 Å². The van der Waals surface area contributed by atoms with Crippen molar-refractivity contribution in [1.82, 2.24) is 20.2 Å². The number of hydrogen-bond acceptors (Lipinski definition) is 5. The Morgan fingerprint density at radius 1 is 1.75 bits per heavy atom. The number of rotatable bonds is 4. The van der Waals surface area contributed by atoms with Crippen LogP contribution in [-0.4, -0.2) is 31.2 Å². The minimum atomic E-state index is -0.364. The van der Waals surface area contributed by atoms with E-state index >= 15 is 0 Å². The summed E-state index contributed by atoms with van der Waals surface area (Å²) in [6.45, 7) is 1.75. The fourth-order valence-corrected chi connectivity index (χ4v) is 1.34. The lowest BCUT2D eigenvalue weighted by molar-refractivity contribution is -0.109. The third-order valence-electron chi connectivity index (χ3n) is 0.975. The zero-order valence-corrected chi connectivity index (χ0v) is 7.97. The summed E-state index contributed by atoms with van der Waals surface area (Å²) in [4.78, 5) is 11.7. The SMILES string of the molecule is Cc1nnn(CSCC(=O)Cl)n1. The van der Waals surface area contributed by atoms with Gasteiger partial charge in [0.15, 0.2) is 5.82 Å². The highest BCUT2D eigenvalue weighted by molar-refractivity contribution is 7.99. The van der Waals surface area contributed by atoms with E-state index < -0.39 is 0 Å². The number of tetrazole rings is 1. The average molecular weight is 207 g/mol. The van der Waals surface area contributed by atoms with Crippen molar-refractivity contribution in [3.05, 3.63) is 5.82 Å². The molecule has 0 spiro atoms. The Hall–Kier alpha value is -0.620. The van der Waals surface area contributed by atoms with E-state index in [4.69, 9.17) is 11.6 Å². The van der Waals surface area contributed by atoms with E-state index in [1.165, 1.54) is 16.6 Å². The third-order valence-corrected chi connectivity index (χ3v) is 2.15. The second-order valence-corrected chi connectivity index (χ2v) is 3.42. The normalized spacial score (nSPS) is 10.2. The van der Waals surface area contributed by atoms with Gasteiger partial charge < -0.3 is 0 Å². The summed E-state index contributed by atoms with van der Waals surface area (Å²) in [6, 6.07) is 0. The van der Waals surface area contributed by atoms with E-state index in [0.29, 0.717) is 11.7 Å². The molecular weight excluding hydrogens is 200 g/mol. The molecule has 1 heterocycles. The molecule has 1 rings (SSSR count). The number of aryl methyl sites for hydroxylation is 1. The predicted octanol–water partition coefficient (Wildman–Crippen LogP) is 0.438. The summed E-state index contributed by atoms with van der Waals surface area (Å²) in [7, 11) is 0. The van der Waals surface area contributed by atoms with Gasteiger partial charge in [-0.2, -0.15) is 4.80 Å². The largest absolute Gasteiger partial charge is 0.280 e. The standard InChI is InChI=1S/C5H7ClN4OS/c1-4-7-9-10(8-4)3-12-2-5(6)11/h2-3H2,1H3. The van der Waals surface area contributed by atoms with E-state index in [-0.39, 0.29) is 11.0 Å². The maximum atomic E-state index is 10.3. The number of nitrogens with zero attached hydrogens (tertiary/aromatic N) is 4. The maximum Gasteiger partial charge on any atom is 0.231 e. The van der Waals surface area contributed by atoms with Crippen LogP contribution >= 0.6 is 23.4 Å². The minimum absolute atomic E-state index is 0.266. The van der Waals surface area contributed by atoms with Crippen LogP contribution in [0.25, 0.3) is 0 Å². The van der Waals surface area contributed by atoms with E-state index in [9.17, 15) is 4.79 Å². The van der Waals surface area contributed by atoms with Crippen molar-refractivity contribution in [1.29, 1.82) is 0 Å². The minimum Gasteiger partial charge on any atom is -0.280 e. The van der Waals surface area contributed by atoms with Crippen LogP contribution in [0.2, 0.25) is 0 Å². The molecule has 7 heteroatoms. The van der Waals surface area contributed by atoms with Crippen LogP contribution in [0.15, 0.2) is 0 Å². The van der Waals surface area contributed by atoms with Gasteiger partial charge in [0.1, 0.15) is 5.88 Å². The van der Waals surface area contributed by atoms with Crippen molar-refractivity contribution < 1.29 is 4.79 Å². The van der Waals surface area contributed by atoms with Crippen molar-refractivity contribution >= 4 is 28.6 Å². The molecule has 0 aromatic carbocycles. The molecule has 66 valence electrons. The quantitative estimate of drug-likeness (QED) is 0.669. The molecule has 0 unspecified atom stereocenters. The smallest absolute Gasteiger partial charge is 0.231 e. The second kappa shape index (κ2) is 4.42. The summed E-state index contributed by atoms with van der Waals surface area (Å²) in [5, 5.41) is 10.9. The molecule has 0 aliphatic rings. The molecular formula is C5H7ClN4OS. The molecule has 0 amide bonds. The molecule has 0 N–H and O–H groups in total. The number of halogens is 1. The van der Waals surface area contributed by atoms with Gasteiger partial charge in [-0.15, -0.1) is 22.0 Å². The highest BCUT2D eigenvalue weighted by Gasteiger charge is 1.99. The van der Waals surface area contributed by atoms with Crippen LogP contribution in [0.5, 0.6) is 0 Å². The molecule has 0 fully saturated rings. The van der Waals surface area contributed by atoms with Gasteiger partial charge in [-0.25, -0.2) is 0 Å². The van der Waals surface area contributed by atoms with Crippen molar-refractivity contribution in [2.45, 2.75) is 12.8 Å². The van der Waals surface area contributed by atoms with Crippen LogP contribution < -0.4 is 0 Å². The third kappa shape index (κ3) is 3.19. The zero-order valence-electron chi connectivity index (χ0n) is 6.40. The molecule has 0 saturated heterocycles.